The van der Waals surface area contributed by atoms with E-state index < -0.39 is 5.97 Å². The van der Waals surface area contributed by atoms with E-state index in [1.54, 1.807) is 5.38 Å². The molecule has 1 saturated heterocycles. The molecule has 0 aromatic carbocycles. The Morgan fingerprint density at radius 3 is 3.11 bits per heavy atom. The molecule has 5 nitrogen and oxygen atoms in total. The van der Waals surface area contributed by atoms with Crippen LogP contribution in [0.1, 0.15) is 35.2 Å². The van der Waals surface area contributed by atoms with E-state index in [0.717, 1.165) is 31.4 Å². The molecule has 2 heterocycles. The van der Waals surface area contributed by atoms with Gasteiger partial charge in [-0.2, -0.15) is 11.3 Å². The third-order valence-corrected chi connectivity index (χ3v) is 3.84. The van der Waals surface area contributed by atoms with Crippen molar-refractivity contribution in [2.45, 2.75) is 31.8 Å². The van der Waals surface area contributed by atoms with Crippen LogP contribution in [-0.2, 0) is 11.3 Å². The van der Waals surface area contributed by atoms with Gasteiger partial charge in [-0.1, -0.05) is 0 Å². The van der Waals surface area contributed by atoms with Gasteiger partial charge in [0.15, 0.2) is 0 Å². The van der Waals surface area contributed by atoms with Crippen molar-refractivity contribution in [3.63, 3.8) is 0 Å². The van der Waals surface area contributed by atoms with Crippen LogP contribution in [-0.4, -0.2) is 29.6 Å². The number of rotatable bonds is 4. The van der Waals surface area contributed by atoms with E-state index in [9.17, 15) is 9.59 Å². The molecule has 0 radical (unpaired) electrons. The van der Waals surface area contributed by atoms with Crippen LogP contribution in [0.2, 0.25) is 0 Å². The van der Waals surface area contributed by atoms with Crippen molar-refractivity contribution >= 4 is 23.2 Å². The first-order valence-corrected chi connectivity index (χ1v) is 6.92. The monoisotopic (exact) mass is 268 g/mol. The van der Waals surface area contributed by atoms with Crippen LogP contribution in [0.25, 0.3) is 0 Å². The summed E-state index contributed by atoms with van der Waals surface area (Å²) in [5.41, 5.74) is 1.06. The van der Waals surface area contributed by atoms with E-state index in [-0.39, 0.29) is 11.9 Å². The highest BCUT2D eigenvalue weighted by molar-refractivity contribution is 7.08. The van der Waals surface area contributed by atoms with Gasteiger partial charge in [-0.25, -0.2) is 4.79 Å². The average Bonchev–Trinajstić information content (AvgIpc) is 2.71. The fraction of sp³-hybridized carbons (Fsp3) is 0.500. The largest absolute Gasteiger partial charge is 0.478 e. The number of carbonyl (C=O) groups excluding carboxylic acids is 1. The molecule has 1 aliphatic rings. The molecule has 3 N–H and O–H groups in total. The summed E-state index contributed by atoms with van der Waals surface area (Å²) in [4.78, 5) is 22.7. The molecule has 0 bridgehead atoms. The number of aromatic carboxylic acids is 1. The zero-order chi connectivity index (χ0) is 13.0. The zero-order valence-electron chi connectivity index (χ0n) is 9.94. The van der Waals surface area contributed by atoms with E-state index in [4.69, 9.17) is 5.11 Å². The molecule has 0 spiro atoms. The summed E-state index contributed by atoms with van der Waals surface area (Å²) < 4.78 is 0. The maximum Gasteiger partial charge on any atom is 0.336 e. The van der Waals surface area contributed by atoms with Gasteiger partial charge in [-0.15, -0.1) is 0 Å². The second-order valence-corrected chi connectivity index (χ2v) is 5.08. The summed E-state index contributed by atoms with van der Waals surface area (Å²) in [6.45, 7) is 1.15. The fourth-order valence-corrected chi connectivity index (χ4v) is 2.85. The molecular weight excluding hydrogens is 252 g/mol. The number of hydrogen-bond acceptors (Lipinski definition) is 4. The topological polar surface area (TPSA) is 78.4 Å². The van der Waals surface area contributed by atoms with Crippen LogP contribution in [0.5, 0.6) is 0 Å². The Morgan fingerprint density at radius 1 is 1.50 bits per heavy atom. The molecule has 0 unspecified atom stereocenters. The van der Waals surface area contributed by atoms with Crippen LogP contribution in [0.4, 0.5) is 0 Å². The summed E-state index contributed by atoms with van der Waals surface area (Å²) in [6, 6.07) is -0.214. The van der Waals surface area contributed by atoms with E-state index in [1.807, 2.05) is 5.38 Å². The van der Waals surface area contributed by atoms with Crippen LogP contribution in [0, 0.1) is 0 Å². The molecular formula is C12H16N2O3S. The lowest BCUT2D eigenvalue weighted by atomic mass is 10.1. The van der Waals surface area contributed by atoms with Gasteiger partial charge >= 0.3 is 5.97 Å². The standard InChI is InChI=1S/C12H16N2O3S/c15-11-10(3-1-2-4-13-11)14-5-8-6-18-7-9(8)12(16)17/h6-7,10,14H,1-5H2,(H,13,15)(H,16,17)/t10-/m0/s1. The molecule has 0 saturated carbocycles. The Balaban J connectivity index is 1.95. The Kier molecular flexibility index (Phi) is 4.33. The number of carboxylic acids is 1. The number of amides is 1. The van der Waals surface area contributed by atoms with Crippen LogP contribution in [0.3, 0.4) is 0 Å². The van der Waals surface area contributed by atoms with Crippen molar-refractivity contribution < 1.29 is 14.7 Å². The predicted octanol–water partition coefficient (Wildman–Crippen LogP) is 1.20. The van der Waals surface area contributed by atoms with Gasteiger partial charge < -0.3 is 15.7 Å². The third kappa shape index (κ3) is 3.08. The smallest absolute Gasteiger partial charge is 0.336 e. The van der Waals surface area contributed by atoms with Crippen LogP contribution < -0.4 is 10.6 Å². The molecule has 6 heteroatoms. The first-order chi connectivity index (χ1) is 8.68. The Morgan fingerprint density at radius 2 is 2.33 bits per heavy atom. The lowest BCUT2D eigenvalue weighted by Crippen LogP contribution is -2.42. The molecule has 18 heavy (non-hydrogen) atoms. The summed E-state index contributed by atoms with van der Waals surface area (Å²) in [6.07, 6.45) is 2.81. The predicted molar refractivity (Wildman–Crippen MR) is 68.8 cm³/mol. The van der Waals surface area contributed by atoms with E-state index >= 15 is 0 Å². The van der Waals surface area contributed by atoms with Gasteiger partial charge in [0, 0.05) is 18.5 Å². The number of nitrogens with one attached hydrogen (secondary N) is 2. The van der Waals surface area contributed by atoms with Crippen molar-refractivity contribution in [2.24, 2.45) is 0 Å². The van der Waals surface area contributed by atoms with Gasteiger partial charge in [0.05, 0.1) is 11.6 Å². The van der Waals surface area contributed by atoms with Gasteiger partial charge in [0.2, 0.25) is 5.91 Å². The molecule has 2 rings (SSSR count). The molecule has 1 fully saturated rings. The van der Waals surface area contributed by atoms with Gasteiger partial charge in [0.1, 0.15) is 0 Å². The third-order valence-electron chi connectivity index (χ3n) is 3.05. The second kappa shape index (κ2) is 5.97. The molecule has 98 valence electrons. The van der Waals surface area contributed by atoms with E-state index in [1.165, 1.54) is 11.3 Å². The summed E-state index contributed by atoms with van der Waals surface area (Å²) >= 11 is 1.36. The van der Waals surface area contributed by atoms with E-state index in [2.05, 4.69) is 10.6 Å². The van der Waals surface area contributed by atoms with Gasteiger partial charge in [-0.05, 0) is 30.2 Å². The average molecular weight is 268 g/mol. The fourth-order valence-electron chi connectivity index (χ4n) is 2.02. The molecule has 1 atom stereocenters. The van der Waals surface area contributed by atoms with Crippen molar-refractivity contribution in [2.75, 3.05) is 6.54 Å². The summed E-state index contributed by atoms with van der Waals surface area (Å²) in [5.74, 6) is -0.905. The number of thiophene rings is 1. The van der Waals surface area contributed by atoms with Crippen LogP contribution in [0.15, 0.2) is 10.8 Å². The van der Waals surface area contributed by atoms with Crippen LogP contribution >= 0.6 is 11.3 Å². The van der Waals surface area contributed by atoms with Gasteiger partial charge in [-0.3, -0.25) is 4.79 Å². The number of hydrogen-bond donors (Lipinski definition) is 3. The number of carboxylic acid groups (broad SMARTS) is 1. The Labute approximate surface area is 109 Å². The highest BCUT2D eigenvalue weighted by Gasteiger charge is 2.20. The van der Waals surface area contributed by atoms with Gasteiger partial charge in [0.25, 0.3) is 0 Å². The lowest BCUT2D eigenvalue weighted by Gasteiger charge is -2.14. The number of carbonyl (C=O) groups is 2. The normalized spacial score (nSPS) is 20.2. The lowest BCUT2D eigenvalue weighted by molar-refractivity contribution is -0.122. The second-order valence-electron chi connectivity index (χ2n) is 4.34. The molecule has 1 aromatic rings. The highest BCUT2D eigenvalue weighted by atomic mass is 32.1. The first-order valence-electron chi connectivity index (χ1n) is 5.98. The maximum atomic E-state index is 11.7. The minimum atomic E-state index is -0.918. The minimum Gasteiger partial charge on any atom is -0.478 e. The molecule has 1 amide bonds. The quantitative estimate of drug-likeness (QED) is 0.767. The maximum absolute atomic E-state index is 11.7. The van der Waals surface area contributed by atoms with Crippen molar-refractivity contribution in [1.29, 1.82) is 0 Å². The van der Waals surface area contributed by atoms with Crippen molar-refractivity contribution in [3.8, 4) is 0 Å². The molecule has 1 aliphatic heterocycles. The Hall–Kier alpha value is -1.40. The minimum absolute atomic E-state index is 0.0135. The summed E-state index contributed by atoms with van der Waals surface area (Å²) in [7, 11) is 0. The molecule has 0 aliphatic carbocycles. The SMILES string of the molecule is O=C(O)c1cscc1CN[C@H]1CCCCNC1=O. The molecule has 1 aromatic heterocycles. The first kappa shape index (κ1) is 13.0. The Bertz CT molecular complexity index is 444. The van der Waals surface area contributed by atoms with E-state index in [0.29, 0.717) is 12.1 Å². The highest BCUT2D eigenvalue weighted by Crippen LogP contribution is 2.15. The zero-order valence-corrected chi connectivity index (χ0v) is 10.8. The van der Waals surface area contributed by atoms with Crippen molar-refractivity contribution in [1.82, 2.24) is 10.6 Å². The van der Waals surface area contributed by atoms with Crippen molar-refractivity contribution in [3.05, 3.63) is 21.9 Å². The summed E-state index contributed by atoms with van der Waals surface area (Å²) in [5, 5.41) is 18.4.